The largest absolute Gasteiger partial charge is 0.512 e. The average Bonchev–Trinajstić information content (AvgIpc) is 3.50. The Morgan fingerprint density at radius 2 is 1.37 bits per heavy atom. The Labute approximate surface area is 338 Å². The zero-order valence-electron chi connectivity index (χ0n) is 34.6. The van der Waals surface area contributed by atoms with Gasteiger partial charge < -0.3 is 10.1 Å². The van der Waals surface area contributed by atoms with E-state index in [9.17, 15) is 9.90 Å². The molecule has 0 spiro atoms. The molecule has 0 atom stereocenters. The summed E-state index contributed by atoms with van der Waals surface area (Å²) >= 11 is 0. The molecule has 0 unspecified atom stereocenters. The predicted molar refractivity (Wildman–Crippen MR) is 224 cm³/mol. The number of aliphatic hydroxyl groups excluding tert-OH is 1. The van der Waals surface area contributed by atoms with Crippen molar-refractivity contribution in [1.82, 2.24) is 4.98 Å². The van der Waals surface area contributed by atoms with Crippen LogP contribution in [0.1, 0.15) is 131 Å². The third-order valence-electron chi connectivity index (χ3n) is 12.5. The third kappa shape index (κ3) is 6.94. The third-order valence-corrected chi connectivity index (χ3v) is 12.5. The summed E-state index contributed by atoms with van der Waals surface area (Å²) in [5.74, 6) is 0.195. The molecule has 0 fully saturated rings. The zero-order valence-corrected chi connectivity index (χ0v) is 37.0. The molecule has 54 heavy (non-hydrogen) atoms. The minimum absolute atomic E-state index is 0. The van der Waals surface area contributed by atoms with Gasteiger partial charge in [-0.1, -0.05) is 150 Å². The number of nitrogens with zero attached hydrogens (tertiary/aromatic N) is 1. The maximum Gasteiger partial charge on any atom is 0.164 e. The molecule has 0 saturated carbocycles. The Balaban J connectivity index is 0.000000301. The van der Waals surface area contributed by atoms with Crippen LogP contribution in [0.15, 0.2) is 90.8 Å². The van der Waals surface area contributed by atoms with Crippen LogP contribution >= 0.6 is 0 Å². The molecular weight excluding hydrogens is 839 g/mol. The van der Waals surface area contributed by atoms with Crippen molar-refractivity contribution in [2.75, 3.05) is 0 Å². The van der Waals surface area contributed by atoms with Crippen LogP contribution in [0.5, 0.6) is 0 Å². The smallest absolute Gasteiger partial charge is 0.164 e. The first-order valence-corrected chi connectivity index (χ1v) is 19.4. The molecule has 285 valence electrons. The summed E-state index contributed by atoms with van der Waals surface area (Å²) in [4.78, 5) is 16.8. The Morgan fingerprint density at radius 3 is 2.02 bits per heavy atom. The summed E-state index contributed by atoms with van der Waals surface area (Å²) in [6, 6.07) is 30.8. The molecule has 1 radical (unpaired) electrons. The van der Waals surface area contributed by atoms with E-state index in [-0.39, 0.29) is 58.7 Å². The number of aliphatic hydroxyl groups is 1. The Morgan fingerprint density at radius 1 is 0.741 bits per heavy atom. The Kier molecular flexibility index (Phi) is 11.0. The first-order valence-electron chi connectivity index (χ1n) is 19.4. The second-order valence-electron chi connectivity index (χ2n) is 18.6. The van der Waals surface area contributed by atoms with Crippen LogP contribution in [0.3, 0.4) is 0 Å². The summed E-state index contributed by atoms with van der Waals surface area (Å²) in [5, 5.41) is 12.5. The Bertz CT molecular complexity index is 2280. The maximum absolute atomic E-state index is 11.8. The van der Waals surface area contributed by atoms with Gasteiger partial charge in [0.05, 0.1) is 0 Å². The first kappa shape index (κ1) is 41.3. The van der Waals surface area contributed by atoms with E-state index in [2.05, 4.69) is 127 Å². The van der Waals surface area contributed by atoms with Crippen LogP contribution in [0.25, 0.3) is 44.3 Å². The molecule has 1 heterocycles. The van der Waals surface area contributed by atoms with Gasteiger partial charge in [0.1, 0.15) is 5.76 Å². The number of aromatic nitrogens is 1. The molecular formula is C50H58IrNO2-. The fourth-order valence-electron chi connectivity index (χ4n) is 7.96. The van der Waals surface area contributed by atoms with Gasteiger partial charge in [-0.15, -0.1) is 29.3 Å². The van der Waals surface area contributed by atoms with Crippen molar-refractivity contribution in [3.05, 3.63) is 125 Å². The summed E-state index contributed by atoms with van der Waals surface area (Å²) in [5.41, 5.74) is 13.5. The van der Waals surface area contributed by atoms with Gasteiger partial charge >= 0.3 is 0 Å². The number of hydrogen-bond acceptors (Lipinski definition) is 3. The number of hydrogen-bond donors (Lipinski definition) is 1. The molecule has 2 aliphatic rings. The van der Waals surface area contributed by atoms with Gasteiger partial charge in [0.25, 0.3) is 0 Å². The molecule has 2 aliphatic carbocycles. The molecule has 1 N–H and O–H groups in total. The summed E-state index contributed by atoms with van der Waals surface area (Å²) in [7, 11) is 0. The second-order valence-corrected chi connectivity index (χ2v) is 18.6. The topological polar surface area (TPSA) is 50.2 Å². The van der Waals surface area contributed by atoms with Crippen molar-refractivity contribution >= 4 is 16.6 Å². The number of ketones is 1. The molecule has 0 amide bonds. The quantitative estimate of drug-likeness (QED) is 0.105. The molecule has 0 saturated heterocycles. The van der Waals surface area contributed by atoms with E-state index in [0.29, 0.717) is 0 Å². The van der Waals surface area contributed by atoms with Crippen molar-refractivity contribution in [1.29, 1.82) is 0 Å². The predicted octanol–water partition coefficient (Wildman–Crippen LogP) is 13.5. The van der Waals surface area contributed by atoms with Crippen LogP contribution in [0.4, 0.5) is 0 Å². The normalized spacial score (nSPS) is 15.3. The van der Waals surface area contributed by atoms with Crippen LogP contribution < -0.4 is 0 Å². The van der Waals surface area contributed by atoms with E-state index < -0.39 is 0 Å². The van der Waals surface area contributed by atoms with Gasteiger partial charge in [0, 0.05) is 48.6 Å². The van der Waals surface area contributed by atoms with E-state index in [1.807, 2.05) is 47.7 Å². The summed E-state index contributed by atoms with van der Waals surface area (Å²) < 4.78 is 0. The number of carbonyl (C=O) groups excluding carboxylic acids is 1. The number of allylic oxidation sites excluding steroid dienone is 2. The van der Waals surface area contributed by atoms with Crippen molar-refractivity contribution in [3.8, 4) is 33.5 Å². The summed E-state index contributed by atoms with van der Waals surface area (Å²) in [6.07, 6.45) is 4.97. The second kappa shape index (κ2) is 14.3. The van der Waals surface area contributed by atoms with E-state index in [4.69, 9.17) is 4.98 Å². The number of rotatable bonds is 6. The number of benzene rings is 4. The van der Waals surface area contributed by atoms with Gasteiger partial charge in [-0.3, -0.25) is 4.79 Å². The fraction of sp³-hybridized carbons (Fsp3) is 0.400. The van der Waals surface area contributed by atoms with Crippen molar-refractivity contribution in [2.45, 2.75) is 119 Å². The van der Waals surface area contributed by atoms with Crippen molar-refractivity contribution < 1.29 is 30.0 Å². The number of pyridine rings is 1. The van der Waals surface area contributed by atoms with Gasteiger partial charge in [0.15, 0.2) is 5.78 Å². The van der Waals surface area contributed by atoms with Crippen molar-refractivity contribution in [3.63, 3.8) is 0 Å². The fourth-order valence-corrected chi connectivity index (χ4v) is 7.96. The molecule has 3 nitrogen and oxygen atoms in total. The molecule has 0 aliphatic heterocycles. The maximum atomic E-state index is 11.8. The summed E-state index contributed by atoms with van der Waals surface area (Å²) in [6.45, 7) is 27.9. The van der Waals surface area contributed by atoms with E-state index in [1.54, 1.807) is 0 Å². The molecule has 4 heteroatoms. The van der Waals surface area contributed by atoms with Crippen LogP contribution in [-0.2, 0) is 41.1 Å². The number of fused-ring (bicyclic) bond motifs is 8. The molecule has 0 bridgehead atoms. The van der Waals surface area contributed by atoms with E-state index in [1.165, 1.54) is 66.9 Å². The standard InChI is InChI=1S/C37H34N.C13H24O2.Ir/c1-35(2,3)24-14-16-26-29-20-23(13-17-30(29)36(4,5)31(26)21-24)34-33-28(18-19-38-34)27-15-12-22-10-8-9-11-25(22)32(27)37(33,6)7;1-7-12(3,4)10(14)9-11(15)13(5,6)8-2;/h8-12,14-21H,1-7H3;9,14H,7-8H2,1-6H3;/q-1;;/b;10-9-;. The van der Waals surface area contributed by atoms with Crippen LogP contribution in [0, 0.1) is 16.9 Å². The SMILES string of the molecule is CC(C)(C)c1ccc2c(c1)C(C)(C)c1c[c-]c(-c3nccc4c3C(C)(C)c3c-4ccc4ccccc34)cc1-2.CCC(C)(C)C(=O)/C=C(\O)C(C)(C)CC.[Ir]. The van der Waals surface area contributed by atoms with Crippen LogP contribution in [0.2, 0.25) is 0 Å². The molecule has 1 aromatic heterocycles. The molecule has 4 aromatic carbocycles. The monoisotopic (exact) mass is 897 g/mol. The minimum Gasteiger partial charge on any atom is -0.512 e. The van der Waals surface area contributed by atoms with E-state index in [0.717, 1.165) is 24.1 Å². The first-order chi connectivity index (χ1) is 24.7. The zero-order chi connectivity index (χ0) is 38.9. The average molecular weight is 897 g/mol. The number of carbonyl (C=O) groups is 1. The van der Waals surface area contributed by atoms with Crippen LogP contribution in [-0.4, -0.2) is 15.9 Å². The van der Waals surface area contributed by atoms with Crippen molar-refractivity contribution in [2.24, 2.45) is 10.8 Å². The van der Waals surface area contributed by atoms with Gasteiger partial charge in [0.2, 0.25) is 0 Å². The molecule has 5 aromatic rings. The van der Waals surface area contributed by atoms with Gasteiger partial charge in [-0.2, -0.15) is 0 Å². The molecule has 7 rings (SSSR count). The minimum atomic E-state index is -0.377. The van der Waals surface area contributed by atoms with E-state index >= 15 is 0 Å². The van der Waals surface area contributed by atoms with Gasteiger partial charge in [-0.05, 0) is 85.1 Å². The Hall–Kier alpha value is -3.85. The van der Waals surface area contributed by atoms with Gasteiger partial charge in [-0.25, -0.2) is 0 Å².